The quantitative estimate of drug-likeness (QED) is 0.799. The zero-order chi connectivity index (χ0) is 13.9. The number of nitrogens with zero attached hydrogens (tertiary/aromatic N) is 4. The number of aryl methyl sites for hydroxylation is 1. The molecule has 1 atom stereocenters. The van der Waals surface area contributed by atoms with Gasteiger partial charge in [0.05, 0.1) is 5.69 Å². The largest absolute Gasteiger partial charge is 0.378 e. The summed E-state index contributed by atoms with van der Waals surface area (Å²) in [5.41, 5.74) is 4.51. The van der Waals surface area contributed by atoms with Gasteiger partial charge in [0.1, 0.15) is 6.33 Å². The summed E-state index contributed by atoms with van der Waals surface area (Å²) in [6.07, 6.45) is 1.60. The van der Waals surface area contributed by atoms with Gasteiger partial charge in [-0.3, -0.25) is 0 Å². The molecule has 0 saturated carbocycles. The Kier molecular flexibility index (Phi) is 3.47. The molecule has 0 aliphatic heterocycles. The van der Waals surface area contributed by atoms with E-state index in [1.165, 1.54) is 5.56 Å². The van der Waals surface area contributed by atoms with E-state index >= 15 is 0 Å². The fourth-order valence-electron chi connectivity index (χ4n) is 2.13. The number of anilines is 1. The summed E-state index contributed by atoms with van der Waals surface area (Å²) in [6, 6.07) is 8.62. The van der Waals surface area contributed by atoms with Gasteiger partial charge in [0.15, 0.2) is 0 Å². The predicted octanol–water partition coefficient (Wildman–Crippen LogP) is 3.21. The van der Waals surface area contributed by atoms with Gasteiger partial charge in [-0.15, -0.1) is 5.10 Å². The molecular weight excluding hydrogens is 270 g/mol. The number of rotatable bonds is 4. The number of tetrazole rings is 1. The normalized spacial score (nSPS) is 12.3. The summed E-state index contributed by atoms with van der Waals surface area (Å²) < 4.78 is 1.67. The van der Waals surface area contributed by atoms with Crippen LogP contribution in [0.1, 0.15) is 24.1 Å². The van der Waals surface area contributed by atoms with Gasteiger partial charge in [-0.25, -0.2) is 4.68 Å². The fraction of sp³-hybridized carbons (Fsp3) is 0.214. The van der Waals surface area contributed by atoms with Gasteiger partial charge in [-0.1, -0.05) is 0 Å². The predicted molar refractivity (Wildman–Crippen MR) is 80.2 cm³/mol. The second kappa shape index (κ2) is 5.42. The second-order valence-electron chi connectivity index (χ2n) is 4.68. The van der Waals surface area contributed by atoms with E-state index in [0.717, 1.165) is 16.9 Å². The first-order valence-corrected chi connectivity index (χ1v) is 7.31. The highest BCUT2D eigenvalue weighted by Gasteiger charge is 2.08. The lowest BCUT2D eigenvalue weighted by atomic mass is 10.1. The Bertz CT molecular complexity index is 676. The van der Waals surface area contributed by atoms with Gasteiger partial charge >= 0.3 is 0 Å². The molecule has 0 spiro atoms. The highest BCUT2D eigenvalue weighted by atomic mass is 32.1. The Morgan fingerprint density at radius 2 is 2.20 bits per heavy atom. The molecule has 0 radical (unpaired) electrons. The fourth-order valence-corrected chi connectivity index (χ4v) is 2.88. The Balaban J connectivity index is 1.81. The van der Waals surface area contributed by atoms with Gasteiger partial charge in [0.2, 0.25) is 0 Å². The molecule has 0 bridgehead atoms. The van der Waals surface area contributed by atoms with Crippen LogP contribution >= 0.6 is 11.3 Å². The number of nitrogens with one attached hydrogen (secondary N) is 1. The Morgan fingerprint density at radius 3 is 2.85 bits per heavy atom. The van der Waals surface area contributed by atoms with Gasteiger partial charge in [0.25, 0.3) is 0 Å². The van der Waals surface area contributed by atoms with E-state index in [1.54, 1.807) is 22.3 Å². The number of benzene rings is 1. The monoisotopic (exact) mass is 285 g/mol. The van der Waals surface area contributed by atoms with Crippen LogP contribution in [0.2, 0.25) is 0 Å². The van der Waals surface area contributed by atoms with Crippen LogP contribution in [0.4, 0.5) is 5.69 Å². The third-order valence-electron chi connectivity index (χ3n) is 3.22. The van der Waals surface area contributed by atoms with Crippen molar-refractivity contribution < 1.29 is 0 Å². The van der Waals surface area contributed by atoms with E-state index in [0.29, 0.717) is 6.04 Å². The van der Waals surface area contributed by atoms with E-state index in [4.69, 9.17) is 0 Å². The molecule has 0 aliphatic carbocycles. The van der Waals surface area contributed by atoms with Gasteiger partial charge in [-0.2, -0.15) is 11.3 Å². The molecule has 0 aliphatic rings. The minimum atomic E-state index is 0.291. The highest BCUT2D eigenvalue weighted by molar-refractivity contribution is 7.07. The summed E-state index contributed by atoms with van der Waals surface area (Å²) in [5, 5.41) is 19.0. The first-order valence-electron chi connectivity index (χ1n) is 6.36. The molecule has 2 heterocycles. The third-order valence-corrected chi connectivity index (χ3v) is 3.92. The molecule has 0 amide bonds. The SMILES string of the molecule is Cc1cc(NC(C)c2ccsc2)ccc1-n1cnnn1. The molecule has 1 N–H and O–H groups in total. The lowest BCUT2D eigenvalue weighted by molar-refractivity contribution is 0.785. The molecule has 0 fully saturated rings. The van der Waals surface area contributed by atoms with E-state index in [2.05, 4.69) is 57.6 Å². The Morgan fingerprint density at radius 1 is 1.30 bits per heavy atom. The maximum absolute atomic E-state index is 3.92. The van der Waals surface area contributed by atoms with Crippen molar-refractivity contribution in [1.82, 2.24) is 20.2 Å². The molecule has 5 nitrogen and oxygen atoms in total. The molecule has 0 saturated heterocycles. The molecule has 1 unspecified atom stereocenters. The number of thiophene rings is 1. The van der Waals surface area contributed by atoms with Gasteiger partial charge < -0.3 is 5.32 Å². The van der Waals surface area contributed by atoms with Gasteiger partial charge in [-0.05, 0) is 70.4 Å². The Hall–Kier alpha value is -2.21. The summed E-state index contributed by atoms with van der Waals surface area (Å²) in [5.74, 6) is 0. The average molecular weight is 285 g/mol. The zero-order valence-electron chi connectivity index (χ0n) is 11.3. The van der Waals surface area contributed by atoms with E-state index in [-0.39, 0.29) is 0 Å². The molecular formula is C14H15N5S. The van der Waals surface area contributed by atoms with Crippen molar-refractivity contribution in [3.8, 4) is 5.69 Å². The first kappa shape index (κ1) is 12.8. The maximum Gasteiger partial charge on any atom is 0.143 e. The summed E-state index contributed by atoms with van der Waals surface area (Å²) in [7, 11) is 0. The van der Waals surface area contributed by atoms with Crippen molar-refractivity contribution in [3.05, 3.63) is 52.5 Å². The third kappa shape index (κ3) is 2.55. The number of aromatic nitrogens is 4. The van der Waals surface area contributed by atoms with E-state index in [9.17, 15) is 0 Å². The summed E-state index contributed by atoms with van der Waals surface area (Å²) in [4.78, 5) is 0. The minimum Gasteiger partial charge on any atom is -0.378 e. The second-order valence-corrected chi connectivity index (χ2v) is 5.46. The standard InChI is InChI=1S/C14H15N5S/c1-10-7-13(16-11(2)12-5-6-20-8-12)3-4-14(10)19-9-15-17-18-19/h3-9,11,16H,1-2H3. The van der Waals surface area contributed by atoms with E-state index in [1.807, 2.05) is 12.1 Å². The smallest absolute Gasteiger partial charge is 0.143 e. The van der Waals surface area contributed by atoms with Gasteiger partial charge in [0, 0.05) is 11.7 Å². The van der Waals surface area contributed by atoms with Crippen LogP contribution in [0.5, 0.6) is 0 Å². The van der Waals surface area contributed by atoms with Crippen LogP contribution in [0, 0.1) is 6.92 Å². The van der Waals surface area contributed by atoms with Crippen LogP contribution in [0.25, 0.3) is 5.69 Å². The van der Waals surface area contributed by atoms with Crippen molar-refractivity contribution in [2.75, 3.05) is 5.32 Å². The minimum absolute atomic E-state index is 0.291. The van der Waals surface area contributed by atoms with Crippen LogP contribution in [-0.2, 0) is 0 Å². The van der Waals surface area contributed by atoms with Crippen LogP contribution in [0.3, 0.4) is 0 Å². The molecule has 20 heavy (non-hydrogen) atoms. The molecule has 3 rings (SSSR count). The Labute approximate surface area is 121 Å². The highest BCUT2D eigenvalue weighted by Crippen LogP contribution is 2.23. The first-order chi connectivity index (χ1) is 9.74. The molecule has 2 aromatic heterocycles. The van der Waals surface area contributed by atoms with Crippen molar-refractivity contribution in [3.63, 3.8) is 0 Å². The molecule has 1 aromatic carbocycles. The average Bonchev–Trinajstić information content (AvgIpc) is 3.12. The summed E-state index contributed by atoms with van der Waals surface area (Å²) >= 11 is 1.72. The molecule has 6 heteroatoms. The lowest BCUT2D eigenvalue weighted by Gasteiger charge is -2.15. The zero-order valence-corrected chi connectivity index (χ0v) is 12.1. The topological polar surface area (TPSA) is 55.6 Å². The number of hydrogen-bond acceptors (Lipinski definition) is 5. The molecule has 3 aromatic rings. The molecule has 102 valence electrons. The van der Waals surface area contributed by atoms with E-state index < -0.39 is 0 Å². The van der Waals surface area contributed by atoms with Crippen molar-refractivity contribution in [1.29, 1.82) is 0 Å². The van der Waals surface area contributed by atoms with Crippen LogP contribution in [0.15, 0.2) is 41.4 Å². The van der Waals surface area contributed by atoms with Crippen LogP contribution in [-0.4, -0.2) is 20.2 Å². The summed E-state index contributed by atoms with van der Waals surface area (Å²) in [6.45, 7) is 4.21. The lowest BCUT2D eigenvalue weighted by Crippen LogP contribution is -2.06. The van der Waals surface area contributed by atoms with Crippen molar-refractivity contribution in [2.24, 2.45) is 0 Å². The van der Waals surface area contributed by atoms with Crippen molar-refractivity contribution >= 4 is 17.0 Å². The van der Waals surface area contributed by atoms with Crippen molar-refractivity contribution in [2.45, 2.75) is 19.9 Å². The number of hydrogen-bond donors (Lipinski definition) is 1. The maximum atomic E-state index is 3.92. The van der Waals surface area contributed by atoms with Crippen LogP contribution < -0.4 is 5.32 Å².